The first-order chi connectivity index (χ1) is 14.9. The Morgan fingerprint density at radius 1 is 1.16 bits per heavy atom. The zero-order valence-electron chi connectivity index (χ0n) is 17.7. The molecule has 0 aliphatic carbocycles. The lowest BCUT2D eigenvalue weighted by atomic mass is 10.1. The van der Waals surface area contributed by atoms with Gasteiger partial charge in [0.05, 0.1) is 17.1 Å². The quantitative estimate of drug-likeness (QED) is 0.340. The van der Waals surface area contributed by atoms with Crippen LogP contribution in [0.2, 0.25) is 0 Å². The summed E-state index contributed by atoms with van der Waals surface area (Å²) in [6.45, 7) is 6.37. The minimum absolute atomic E-state index is 0.0751. The molecule has 2 aromatic rings. The topological polar surface area (TPSA) is 99.1 Å². The van der Waals surface area contributed by atoms with Crippen LogP contribution >= 0.6 is 11.8 Å². The van der Waals surface area contributed by atoms with Crippen molar-refractivity contribution in [2.75, 3.05) is 13.2 Å². The lowest BCUT2D eigenvalue weighted by Crippen LogP contribution is -2.25. The van der Waals surface area contributed by atoms with Gasteiger partial charge in [-0.05, 0) is 51.0 Å². The Labute approximate surface area is 185 Å². The molecule has 0 saturated carbocycles. The number of nitrogens with zero attached hydrogens (tertiary/aromatic N) is 2. The molecule has 3 rings (SSSR count). The lowest BCUT2D eigenvalue weighted by Gasteiger charge is -2.09. The van der Waals surface area contributed by atoms with Gasteiger partial charge in [-0.15, -0.1) is 0 Å². The summed E-state index contributed by atoms with van der Waals surface area (Å²) in [5.74, 6) is 1.03. The van der Waals surface area contributed by atoms with Crippen molar-refractivity contribution in [1.82, 2.24) is 10.3 Å². The summed E-state index contributed by atoms with van der Waals surface area (Å²) in [6, 6.07) is 11.1. The normalized spacial score (nSPS) is 16.4. The smallest absolute Gasteiger partial charge is 0.286 e. The maximum atomic E-state index is 11.6. The second-order valence-corrected chi connectivity index (χ2v) is 8.32. The SMILES string of the molecule is C/C(=N\OCCOc1ccc(CC2SC(=O)NC2=O)cc1)c1ccc(OC(C)C)nc1. The first-order valence-corrected chi connectivity index (χ1v) is 10.8. The van der Waals surface area contributed by atoms with E-state index in [1.54, 1.807) is 12.3 Å². The molecule has 1 atom stereocenters. The molecule has 8 nitrogen and oxygen atoms in total. The molecule has 1 saturated heterocycles. The van der Waals surface area contributed by atoms with Crippen molar-refractivity contribution < 1.29 is 23.9 Å². The molecule has 2 amide bonds. The highest BCUT2D eigenvalue weighted by molar-refractivity contribution is 8.15. The Balaban J connectivity index is 1.39. The van der Waals surface area contributed by atoms with E-state index in [2.05, 4.69) is 15.5 Å². The van der Waals surface area contributed by atoms with Crippen molar-refractivity contribution in [3.05, 3.63) is 53.7 Å². The second kappa shape index (κ2) is 10.8. The lowest BCUT2D eigenvalue weighted by molar-refractivity contribution is -0.118. The molecule has 1 aliphatic rings. The molecule has 1 aromatic heterocycles. The Bertz CT molecular complexity index is 929. The van der Waals surface area contributed by atoms with E-state index in [4.69, 9.17) is 14.3 Å². The van der Waals surface area contributed by atoms with Crippen molar-refractivity contribution in [3.63, 3.8) is 0 Å². The first kappa shape index (κ1) is 22.6. The predicted octanol–water partition coefficient (Wildman–Crippen LogP) is 3.58. The minimum atomic E-state index is -0.372. The number of pyridine rings is 1. The maximum Gasteiger partial charge on any atom is 0.286 e. The Hall–Kier alpha value is -3.07. The molecular formula is C22H25N3O5S. The van der Waals surface area contributed by atoms with Crippen LogP contribution in [0.5, 0.6) is 11.6 Å². The van der Waals surface area contributed by atoms with Gasteiger partial charge in [0.15, 0.2) is 6.61 Å². The van der Waals surface area contributed by atoms with Crippen molar-refractivity contribution in [3.8, 4) is 11.6 Å². The molecule has 0 spiro atoms. The van der Waals surface area contributed by atoms with E-state index >= 15 is 0 Å². The molecule has 9 heteroatoms. The zero-order chi connectivity index (χ0) is 22.2. The maximum absolute atomic E-state index is 11.6. The average molecular weight is 444 g/mol. The van der Waals surface area contributed by atoms with Crippen LogP contribution in [0, 0.1) is 0 Å². The van der Waals surface area contributed by atoms with Gasteiger partial charge in [-0.25, -0.2) is 4.98 Å². The summed E-state index contributed by atoms with van der Waals surface area (Å²) >= 11 is 1.03. The number of rotatable bonds is 10. The summed E-state index contributed by atoms with van der Waals surface area (Å²) in [6.07, 6.45) is 2.27. The molecule has 1 fully saturated rings. The summed E-state index contributed by atoms with van der Waals surface area (Å²) in [5.41, 5.74) is 2.52. The number of carbonyl (C=O) groups is 2. The van der Waals surface area contributed by atoms with Crippen molar-refractivity contribution in [2.24, 2.45) is 5.16 Å². The fourth-order valence-electron chi connectivity index (χ4n) is 2.76. The number of benzene rings is 1. The molecule has 0 radical (unpaired) electrons. The number of hydrogen-bond acceptors (Lipinski definition) is 8. The molecule has 1 N–H and O–H groups in total. The van der Waals surface area contributed by atoms with Gasteiger partial charge in [-0.1, -0.05) is 29.1 Å². The van der Waals surface area contributed by atoms with E-state index < -0.39 is 0 Å². The minimum Gasteiger partial charge on any atom is -0.490 e. The molecule has 2 heterocycles. The summed E-state index contributed by atoms with van der Waals surface area (Å²) in [7, 11) is 0. The van der Waals surface area contributed by atoms with Crippen molar-refractivity contribution in [2.45, 2.75) is 38.5 Å². The third-order valence-electron chi connectivity index (χ3n) is 4.27. The number of oxime groups is 1. The van der Waals surface area contributed by atoms with Crippen LogP contribution in [0.3, 0.4) is 0 Å². The molecular weight excluding hydrogens is 418 g/mol. The summed E-state index contributed by atoms with van der Waals surface area (Å²) < 4.78 is 11.2. The van der Waals surface area contributed by atoms with Crippen LogP contribution in [0.4, 0.5) is 4.79 Å². The van der Waals surface area contributed by atoms with Crippen LogP contribution in [-0.2, 0) is 16.1 Å². The molecule has 1 aromatic carbocycles. The van der Waals surface area contributed by atoms with Gasteiger partial charge in [0, 0.05) is 17.8 Å². The Morgan fingerprint density at radius 2 is 1.94 bits per heavy atom. The third-order valence-corrected chi connectivity index (χ3v) is 5.25. The van der Waals surface area contributed by atoms with E-state index in [1.165, 1.54) is 0 Å². The highest BCUT2D eigenvalue weighted by Crippen LogP contribution is 2.23. The van der Waals surface area contributed by atoms with Gasteiger partial charge < -0.3 is 14.3 Å². The number of thioether (sulfide) groups is 1. The number of hydrogen-bond donors (Lipinski definition) is 1. The van der Waals surface area contributed by atoms with E-state index in [-0.39, 0.29) is 22.5 Å². The Kier molecular flexibility index (Phi) is 7.88. The van der Waals surface area contributed by atoms with E-state index in [0.29, 0.717) is 37.0 Å². The fourth-order valence-corrected chi connectivity index (χ4v) is 3.62. The highest BCUT2D eigenvalue weighted by atomic mass is 32.2. The standard InChI is InChI=1S/C22H25N3O5S/c1-14(2)30-20-9-6-17(13-23-20)15(3)25-29-11-10-28-18-7-4-16(5-8-18)12-19-21(26)24-22(27)31-19/h4-9,13-14,19H,10-12H2,1-3H3,(H,24,26,27)/b25-15+. The number of ether oxygens (including phenoxy) is 2. The molecule has 1 aliphatic heterocycles. The molecule has 31 heavy (non-hydrogen) atoms. The van der Waals surface area contributed by atoms with E-state index in [0.717, 1.165) is 22.9 Å². The van der Waals surface area contributed by atoms with E-state index in [1.807, 2.05) is 51.1 Å². The monoisotopic (exact) mass is 443 g/mol. The van der Waals surface area contributed by atoms with Gasteiger partial charge >= 0.3 is 0 Å². The van der Waals surface area contributed by atoms with Gasteiger partial charge in [0.25, 0.3) is 5.24 Å². The second-order valence-electron chi connectivity index (χ2n) is 7.14. The molecule has 164 valence electrons. The van der Waals surface area contributed by atoms with Crippen LogP contribution < -0.4 is 14.8 Å². The van der Waals surface area contributed by atoms with Gasteiger partial charge in [0.2, 0.25) is 11.8 Å². The number of amides is 2. The van der Waals surface area contributed by atoms with Crippen molar-refractivity contribution in [1.29, 1.82) is 0 Å². The van der Waals surface area contributed by atoms with Crippen LogP contribution in [0.25, 0.3) is 0 Å². The first-order valence-electron chi connectivity index (χ1n) is 9.93. The van der Waals surface area contributed by atoms with E-state index in [9.17, 15) is 9.59 Å². The number of nitrogens with one attached hydrogen (secondary N) is 1. The average Bonchev–Trinajstić information content (AvgIpc) is 3.05. The van der Waals surface area contributed by atoms with Crippen LogP contribution in [0.1, 0.15) is 31.9 Å². The highest BCUT2D eigenvalue weighted by Gasteiger charge is 2.31. The summed E-state index contributed by atoms with van der Waals surface area (Å²) in [4.78, 5) is 32.4. The summed E-state index contributed by atoms with van der Waals surface area (Å²) in [5, 5.41) is 5.72. The van der Waals surface area contributed by atoms with Gasteiger partial charge in [-0.2, -0.15) is 0 Å². The van der Waals surface area contributed by atoms with Crippen LogP contribution in [0.15, 0.2) is 47.8 Å². The predicted molar refractivity (Wildman–Crippen MR) is 119 cm³/mol. The van der Waals surface area contributed by atoms with Gasteiger partial charge in [0.1, 0.15) is 12.4 Å². The Morgan fingerprint density at radius 3 is 2.55 bits per heavy atom. The third kappa shape index (κ3) is 6.99. The largest absolute Gasteiger partial charge is 0.490 e. The fraction of sp³-hybridized carbons (Fsp3) is 0.364. The molecule has 1 unspecified atom stereocenters. The number of carbonyl (C=O) groups excluding carboxylic acids is 2. The van der Waals surface area contributed by atoms with Crippen molar-refractivity contribution >= 4 is 28.6 Å². The van der Waals surface area contributed by atoms with Gasteiger partial charge in [-0.3, -0.25) is 14.9 Å². The number of imide groups is 1. The van der Waals surface area contributed by atoms with Crippen LogP contribution in [-0.4, -0.2) is 46.4 Å². The molecule has 0 bridgehead atoms. The zero-order valence-corrected chi connectivity index (χ0v) is 18.5. The number of aromatic nitrogens is 1.